The van der Waals surface area contributed by atoms with Gasteiger partial charge in [0.1, 0.15) is 0 Å². The molecule has 13 heavy (non-hydrogen) atoms. The quantitative estimate of drug-likeness (QED) is 0.541. The fourth-order valence-corrected chi connectivity index (χ4v) is 1.45. The Labute approximate surface area is 78.7 Å². The van der Waals surface area contributed by atoms with Gasteiger partial charge in [-0.1, -0.05) is 0 Å². The molecular formula is C9H18N2O2. The zero-order valence-electron chi connectivity index (χ0n) is 8.05. The molecule has 0 saturated heterocycles. The first kappa shape index (κ1) is 10.5. The molecule has 0 unspecified atom stereocenters. The average Bonchev–Trinajstić information content (AvgIpc) is 2.07. The second kappa shape index (κ2) is 5.19. The Balaban J connectivity index is 1.96. The van der Waals surface area contributed by atoms with Crippen molar-refractivity contribution < 1.29 is 9.90 Å². The van der Waals surface area contributed by atoms with Gasteiger partial charge in [-0.15, -0.1) is 0 Å². The van der Waals surface area contributed by atoms with Crippen molar-refractivity contribution in [3.63, 3.8) is 0 Å². The van der Waals surface area contributed by atoms with Gasteiger partial charge in [-0.3, -0.25) is 4.79 Å². The lowest BCUT2D eigenvalue weighted by molar-refractivity contribution is -0.121. The summed E-state index contributed by atoms with van der Waals surface area (Å²) >= 11 is 0. The van der Waals surface area contributed by atoms with Gasteiger partial charge in [0.05, 0.1) is 6.10 Å². The lowest BCUT2D eigenvalue weighted by Crippen LogP contribution is -2.38. The number of nitrogens with one attached hydrogen (secondary N) is 2. The van der Waals surface area contributed by atoms with Crippen molar-refractivity contribution in [3.8, 4) is 0 Å². The maximum atomic E-state index is 11.1. The molecule has 0 atom stereocenters. The molecule has 0 spiro atoms. The third kappa shape index (κ3) is 3.74. The fraction of sp³-hybridized carbons (Fsp3) is 0.889. The van der Waals surface area contributed by atoms with E-state index in [4.69, 9.17) is 5.11 Å². The van der Waals surface area contributed by atoms with Gasteiger partial charge in [-0.25, -0.2) is 0 Å². The fourth-order valence-electron chi connectivity index (χ4n) is 1.45. The van der Waals surface area contributed by atoms with Gasteiger partial charge in [-0.05, 0) is 25.8 Å². The Hall–Kier alpha value is -0.610. The first-order chi connectivity index (χ1) is 6.22. The number of amides is 1. The first-order valence-electron chi connectivity index (χ1n) is 4.81. The molecule has 1 aliphatic rings. The van der Waals surface area contributed by atoms with E-state index >= 15 is 0 Å². The van der Waals surface area contributed by atoms with Crippen LogP contribution in [0.15, 0.2) is 0 Å². The Bertz CT molecular complexity index is 167. The molecule has 0 bridgehead atoms. The van der Waals surface area contributed by atoms with Crippen molar-refractivity contribution in [3.05, 3.63) is 0 Å². The first-order valence-corrected chi connectivity index (χ1v) is 4.81. The largest absolute Gasteiger partial charge is 0.393 e. The minimum atomic E-state index is -0.126. The number of hydrogen-bond donors (Lipinski definition) is 3. The zero-order valence-corrected chi connectivity index (χ0v) is 8.05. The molecule has 1 fully saturated rings. The van der Waals surface area contributed by atoms with Gasteiger partial charge >= 0.3 is 0 Å². The number of carbonyl (C=O) groups excluding carboxylic acids is 1. The molecule has 0 aromatic heterocycles. The van der Waals surface area contributed by atoms with Crippen LogP contribution in [0.2, 0.25) is 0 Å². The minimum absolute atomic E-state index is 0.0933. The Kier molecular flexibility index (Phi) is 4.18. The van der Waals surface area contributed by atoms with Crippen LogP contribution < -0.4 is 10.6 Å². The van der Waals surface area contributed by atoms with Crippen molar-refractivity contribution in [2.24, 2.45) is 5.92 Å². The number of aliphatic hydroxyl groups excluding tert-OH is 1. The number of hydrogen-bond acceptors (Lipinski definition) is 3. The van der Waals surface area contributed by atoms with E-state index in [1.165, 1.54) is 0 Å². The number of aliphatic hydroxyl groups is 1. The third-order valence-electron chi connectivity index (χ3n) is 2.40. The molecule has 0 heterocycles. The molecule has 1 rings (SSSR count). The summed E-state index contributed by atoms with van der Waals surface area (Å²) in [7, 11) is 1.83. The molecule has 1 amide bonds. The van der Waals surface area contributed by atoms with Crippen molar-refractivity contribution in [2.75, 3.05) is 20.1 Å². The van der Waals surface area contributed by atoms with Gasteiger partial charge in [0, 0.05) is 19.5 Å². The van der Waals surface area contributed by atoms with E-state index in [1.54, 1.807) is 0 Å². The summed E-state index contributed by atoms with van der Waals surface area (Å²) in [5.41, 5.74) is 0. The smallest absolute Gasteiger partial charge is 0.221 e. The van der Waals surface area contributed by atoms with Gasteiger partial charge in [0.15, 0.2) is 0 Å². The Morgan fingerprint density at radius 1 is 1.54 bits per heavy atom. The number of rotatable bonds is 5. The van der Waals surface area contributed by atoms with E-state index in [9.17, 15) is 4.79 Å². The molecule has 0 radical (unpaired) electrons. The van der Waals surface area contributed by atoms with Crippen LogP contribution in [0.5, 0.6) is 0 Å². The van der Waals surface area contributed by atoms with Crippen LogP contribution in [-0.2, 0) is 4.79 Å². The molecule has 1 aliphatic carbocycles. The van der Waals surface area contributed by atoms with E-state index in [-0.39, 0.29) is 12.0 Å². The van der Waals surface area contributed by atoms with E-state index in [1.807, 2.05) is 7.05 Å². The number of carbonyl (C=O) groups is 1. The summed E-state index contributed by atoms with van der Waals surface area (Å²) < 4.78 is 0. The minimum Gasteiger partial charge on any atom is -0.393 e. The highest BCUT2D eigenvalue weighted by Gasteiger charge is 2.26. The molecule has 0 aromatic carbocycles. The predicted octanol–water partition coefficient (Wildman–Crippen LogP) is -0.517. The molecule has 0 aliphatic heterocycles. The highest BCUT2D eigenvalue weighted by molar-refractivity contribution is 5.76. The molecule has 3 N–H and O–H groups in total. The van der Waals surface area contributed by atoms with E-state index in [2.05, 4.69) is 10.6 Å². The lowest BCUT2D eigenvalue weighted by Gasteiger charge is -2.31. The van der Waals surface area contributed by atoms with E-state index in [0.717, 1.165) is 25.9 Å². The van der Waals surface area contributed by atoms with Crippen molar-refractivity contribution in [2.45, 2.75) is 25.4 Å². The maximum absolute atomic E-state index is 11.1. The second-order valence-electron chi connectivity index (χ2n) is 3.65. The molecule has 1 saturated carbocycles. The van der Waals surface area contributed by atoms with Crippen LogP contribution in [0.4, 0.5) is 0 Å². The molecule has 4 heteroatoms. The van der Waals surface area contributed by atoms with Gasteiger partial charge in [-0.2, -0.15) is 0 Å². The topological polar surface area (TPSA) is 61.4 Å². The second-order valence-corrected chi connectivity index (χ2v) is 3.65. The van der Waals surface area contributed by atoms with Crippen molar-refractivity contribution in [1.29, 1.82) is 0 Å². The summed E-state index contributed by atoms with van der Waals surface area (Å²) in [6, 6.07) is 0. The molecule has 0 aromatic rings. The summed E-state index contributed by atoms with van der Waals surface area (Å²) in [5, 5.41) is 14.8. The summed E-state index contributed by atoms with van der Waals surface area (Å²) in [5.74, 6) is 0.587. The van der Waals surface area contributed by atoms with Gasteiger partial charge in [0.25, 0.3) is 0 Å². The molecular weight excluding hydrogens is 168 g/mol. The van der Waals surface area contributed by atoms with Crippen molar-refractivity contribution >= 4 is 5.91 Å². The van der Waals surface area contributed by atoms with Crippen molar-refractivity contribution in [1.82, 2.24) is 10.6 Å². The van der Waals surface area contributed by atoms with Crippen LogP contribution in [-0.4, -0.2) is 37.3 Å². The van der Waals surface area contributed by atoms with Crippen LogP contribution in [0, 0.1) is 5.92 Å². The average molecular weight is 186 g/mol. The monoisotopic (exact) mass is 186 g/mol. The van der Waals surface area contributed by atoms with Crippen LogP contribution in [0.25, 0.3) is 0 Å². The third-order valence-corrected chi connectivity index (χ3v) is 2.40. The van der Waals surface area contributed by atoms with E-state index < -0.39 is 0 Å². The predicted molar refractivity (Wildman–Crippen MR) is 50.3 cm³/mol. The lowest BCUT2D eigenvalue weighted by atomic mass is 9.82. The highest BCUT2D eigenvalue weighted by Crippen LogP contribution is 2.25. The standard InChI is InChI=1S/C9H18N2O2/c1-10-3-2-9(13)11-6-7-4-8(12)5-7/h7-8,10,12H,2-6H2,1H3,(H,11,13). The van der Waals surface area contributed by atoms with Crippen LogP contribution in [0.1, 0.15) is 19.3 Å². The van der Waals surface area contributed by atoms with Crippen LogP contribution >= 0.6 is 0 Å². The highest BCUT2D eigenvalue weighted by atomic mass is 16.3. The maximum Gasteiger partial charge on any atom is 0.221 e. The molecule has 4 nitrogen and oxygen atoms in total. The van der Waals surface area contributed by atoms with Gasteiger partial charge in [0.2, 0.25) is 5.91 Å². The molecule has 76 valence electrons. The zero-order chi connectivity index (χ0) is 9.68. The summed E-state index contributed by atoms with van der Waals surface area (Å²) in [6.07, 6.45) is 2.09. The van der Waals surface area contributed by atoms with Gasteiger partial charge < -0.3 is 15.7 Å². The summed E-state index contributed by atoms with van der Waals surface area (Å²) in [4.78, 5) is 11.1. The Morgan fingerprint density at radius 3 is 2.77 bits per heavy atom. The van der Waals surface area contributed by atoms with Crippen LogP contribution in [0.3, 0.4) is 0 Å². The van der Waals surface area contributed by atoms with E-state index in [0.29, 0.717) is 12.3 Å². The Morgan fingerprint density at radius 2 is 2.23 bits per heavy atom. The normalized spacial score (nSPS) is 26.6. The summed E-state index contributed by atoms with van der Waals surface area (Å²) in [6.45, 7) is 1.44. The SMILES string of the molecule is CNCCC(=O)NCC1CC(O)C1.